The van der Waals surface area contributed by atoms with Crippen molar-refractivity contribution < 1.29 is 14.3 Å². The van der Waals surface area contributed by atoms with Crippen molar-refractivity contribution >= 4 is 16.9 Å². The zero-order chi connectivity index (χ0) is 29.7. The van der Waals surface area contributed by atoms with Crippen molar-refractivity contribution in [1.29, 1.82) is 0 Å². The number of para-hydroxylation sites is 2. The predicted molar refractivity (Wildman–Crippen MR) is 172 cm³/mol. The molecule has 1 aromatic heterocycles. The molecule has 0 fully saturated rings. The number of aromatic nitrogens is 2. The number of carbonyl (C=O) groups is 1. The van der Waals surface area contributed by atoms with Crippen molar-refractivity contribution in [2.24, 2.45) is 0 Å². The summed E-state index contributed by atoms with van der Waals surface area (Å²) in [7, 11) is 0. The Labute approximate surface area is 251 Å². The Morgan fingerprint density at radius 2 is 1.74 bits per heavy atom. The molecule has 0 aliphatic rings. The van der Waals surface area contributed by atoms with E-state index in [1.807, 2.05) is 32.0 Å². The summed E-state index contributed by atoms with van der Waals surface area (Å²) in [5.74, 6) is 3.36. The zero-order valence-electron chi connectivity index (χ0n) is 25.8. The predicted octanol–water partition coefficient (Wildman–Crippen LogP) is 7.93. The van der Waals surface area contributed by atoms with Crippen LogP contribution in [0.25, 0.3) is 11.0 Å². The number of nitrogens with zero attached hydrogens (tertiary/aromatic N) is 2. The van der Waals surface area contributed by atoms with Gasteiger partial charge in [-0.1, -0.05) is 56.7 Å². The molecule has 1 amide bonds. The van der Waals surface area contributed by atoms with Gasteiger partial charge in [0.05, 0.1) is 17.6 Å². The number of amides is 1. The summed E-state index contributed by atoms with van der Waals surface area (Å²) in [4.78, 5) is 17.2. The Morgan fingerprint density at radius 3 is 2.55 bits per heavy atom. The number of carbonyl (C=O) groups excluding carboxylic acids is 1. The van der Waals surface area contributed by atoms with Crippen molar-refractivity contribution in [1.82, 2.24) is 14.9 Å². The van der Waals surface area contributed by atoms with E-state index in [0.717, 1.165) is 85.5 Å². The lowest BCUT2D eigenvalue weighted by Crippen LogP contribution is -2.29. The zero-order valence-corrected chi connectivity index (χ0v) is 25.8. The highest BCUT2D eigenvalue weighted by atomic mass is 16.5. The number of fused-ring (bicyclic) bond motifs is 1. The van der Waals surface area contributed by atoms with Gasteiger partial charge in [-0.2, -0.15) is 0 Å². The normalized spacial score (nSPS) is 11.9. The molecule has 0 spiro atoms. The average molecular weight is 570 g/mol. The monoisotopic (exact) mass is 569 g/mol. The highest BCUT2D eigenvalue weighted by Crippen LogP contribution is 2.23. The number of nitrogens with one attached hydrogen (secondary N) is 1. The van der Waals surface area contributed by atoms with Crippen LogP contribution in [0.4, 0.5) is 0 Å². The number of hydrogen-bond acceptors (Lipinski definition) is 4. The minimum Gasteiger partial charge on any atom is -0.494 e. The maximum atomic E-state index is 12.2. The molecule has 42 heavy (non-hydrogen) atoms. The third-order valence-corrected chi connectivity index (χ3v) is 7.94. The van der Waals surface area contributed by atoms with Crippen molar-refractivity contribution in [3.05, 3.63) is 89.2 Å². The Kier molecular flexibility index (Phi) is 11.9. The maximum absolute atomic E-state index is 12.2. The van der Waals surface area contributed by atoms with Gasteiger partial charge in [-0.05, 0) is 98.9 Å². The van der Waals surface area contributed by atoms with Crippen LogP contribution in [-0.4, -0.2) is 35.2 Å². The molecule has 4 rings (SSSR count). The maximum Gasteiger partial charge on any atom is 0.257 e. The van der Waals surface area contributed by atoms with E-state index in [1.165, 1.54) is 11.1 Å². The third-order valence-electron chi connectivity index (χ3n) is 7.94. The smallest absolute Gasteiger partial charge is 0.257 e. The van der Waals surface area contributed by atoms with Crippen LogP contribution in [0.15, 0.2) is 66.7 Å². The summed E-state index contributed by atoms with van der Waals surface area (Å²) in [6.45, 7) is 10.8. The van der Waals surface area contributed by atoms with Gasteiger partial charge in [0.15, 0.2) is 6.61 Å². The van der Waals surface area contributed by atoms with Gasteiger partial charge >= 0.3 is 0 Å². The van der Waals surface area contributed by atoms with E-state index in [1.54, 1.807) is 0 Å². The molecule has 1 atom stereocenters. The molecule has 1 unspecified atom stereocenters. The Balaban J connectivity index is 1.16. The molecule has 0 saturated heterocycles. The average Bonchev–Trinajstić information content (AvgIpc) is 3.36. The van der Waals surface area contributed by atoms with Gasteiger partial charge in [0.25, 0.3) is 5.91 Å². The first-order valence-electron chi connectivity index (χ1n) is 15.6. The van der Waals surface area contributed by atoms with E-state index in [-0.39, 0.29) is 12.5 Å². The van der Waals surface area contributed by atoms with Gasteiger partial charge in [-0.3, -0.25) is 4.79 Å². The van der Waals surface area contributed by atoms with Gasteiger partial charge in [-0.15, -0.1) is 0 Å². The molecule has 6 heteroatoms. The molecule has 0 radical (unpaired) electrons. The molecular formula is C36H47N3O3. The highest BCUT2D eigenvalue weighted by molar-refractivity contribution is 5.77. The first-order chi connectivity index (χ1) is 20.4. The number of unbranched alkanes of at least 4 members (excludes halogenated alkanes) is 3. The highest BCUT2D eigenvalue weighted by Gasteiger charge is 2.11. The van der Waals surface area contributed by atoms with Crippen molar-refractivity contribution in [2.45, 2.75) is 85.1 Å². The Morgan fingerprint density at radius 1 is 0.929 bits per heavy atom. The molecule has 1 heterocycles. The van der Waals surface area contributed by atoms with Crippen LogP contribution in [0.1, 0.15) is 80.8 Å². The second kappa shape index (κ2) is 16.0. The summed E-state index contributed by atoms with van der Waals surface area (Å²) in [5.41, 5.74) is 5.78. The lowest BCUT2D eigenvalue weighted by Gasteiger charge is -2.12. The number of benzene rings is 3. The number of hydrogen-bond donors (Lipinski definition) is 1. The van der Waals surface area contributed by atoms with E-state index in [0.29, 0.717) is 19.1 Å². The van der Waals surface area contributed by atoms with Crippen LogP contribution in [0.3, 0.4) is 0 Å². The van der Waals surface area contributed by atoms with Crippen LogP contribution >= 0.6 is 0 Å². The van der Waals surface area contributed by atoms with E-state index in [2.05, 4.69) is 72.3 Å². The van der Waals surface area contributed by atoms with E-state index in [4.69, 9.17) is 14.5 Å². The van der Waals surface area contributed by atoms with Crippen molar-refractivity contribution in [3.8, 4) is 11.5 Å². The second-order valence-corrected chi connectivity index (χ2v) is 11.3. The van der Waals surface area contributed by atoms with Crippen molar-refractivity contribution in [3.63, 3.8) is 0 Å². The topological polar surface area (TPSA) is 65.4 Å². The fraction of sp³-hybridized carbons (Fsp3) is 0.444. The lowest BCUT2D eigenvalue weighted by molar-refractivity contribution is -0.123. The van der Waals surface area contributed by atoms with Crippen LogP contribution < -0.4 is 14.8 Å². The molecule has 0 aliphatic carbocycles. The van der Waals surface area contributed by atoms with Gasteiger partial charge in [0, 0.05) is 19.5 Å². The van der Waals surface area contributed by atoms with Crippen molar-refractivity contribution in [2.75, 3.05) is 19.8 Å². The van der Waals surface area contributed by atoms with Crippen LogP contribution in [0, 0.1) is 13.8 Å². The fourth-order valence-corrected chi connectivity index (χ4v) is 5.13. The van der Waals surface area contributed by atoms with Crippen LogP contribution in [0.2, 0.25) is 0 Å². The fourth-order valence-electron chi connectivity index (χ4n) is 5.13. The standard InChI is InChI=1S/C36H47N3O3/c1-5-28(3)30-18-20-31(21-19-30)41-24-12-11-23-39-33-14-9-8-13-32(33)38-35(39)15-7-6-10-22-37-36(40)26-42-34-25-27(2)16-17-29(34)4/h8-9,13-14,16-21,25,28H,5-7,10-12,15,22-24,26H2,1-4H3,(H,37,40). The van der Waals surface area contributed by atoms with E-state index in [9.17, 15) is 4.79 Å². The summed E-state index contributed by atoms with van der Waals surface area (Å²) in [6.07, 6.45) is 7.11. The molecule has 3 aromatic carbocycles. The Hall–Kier alpha value is -3.80. The largest absolute Gasteiger partial charge is 0.494 e. The number of ether oxygens (including phenoxy) is 2. The Bertz CT molecular complexity index is 1410. The molecule has 0 bridgehead atoms. The quantitative estimate of drug-likeness (QED) is 0.131. The molecular weight excluding hydrogens is 522 g/mol. The summed E-state index contributed by atoms with van der Waals surface area (Å²) < 4.78 is 14.1. The molecule has 4 aromatic rings. The summed E-state index contributed by atoms with van der Waals surface area (Å²) in [5, 5.41) is 2.98. The minimum atomic E-state index is -0.0789. The first kappa shape index (κ1) is 31.1. The molecule has 224 valence electrons. The molecule has 1 N–H and O–H groups in total. The third kappa shape index (κ3) is 9.10. The molecule has 0 saturated carbocycles. The number of aryl methyl sites for hydroxylation is 4. The lowest BCUT2D eigenvalue weighted by atomic mass is 9.99. The van der Waals surface area contributed by atoms with E-state index >= 15 is 0 Å². The SMILES string of the molecule is CCC(C)c1ccc(OCCCCn2c(CCCCCNC(=O)COc3cc(C)ccc3C)nc3ccccc32)cc1. The van der Waals surface area contributed by atoms with Gasteiger partial charge in [0.1, 0.15) is 17.3 Å². The van der Waals surface area contributed by atoms with Gasteiger partial charge < -0.3 is 19.4 Å². The first-order valence-corrected chi connectivity index (χ1v) is 15.6. The second-order valence-electron chi connectivity index (χ2n) is 11.3. The number of imidazole rings is 1. The molecule has 0 aliphatic heterocycles. The summed E-state index contributed by atoms with van der Waals surface area (Å²) >= 11 is 0. The van der Waals surface area contributed by atoms with Gasteiger partial charge in [0.2, 0.25) is 0 Å². The minimum absolute atomic E-state index is 0.0455. The number of rotatable bonds is 17. The molecule has 6 nitrogen and oxygen atoms in total. The van der Waals surface area contributed by atoms with Crippen LogP contribution in [-0.2, 0) is 17.8 Å². The van der Waals surface area contributed by atoms with Crippen LogP contribution in [0.5, 0.6) is 11.5 Å². The van der Waals surface area contributed by atoms with E-state index < -0.39 is 0 Å². The van der Waals surface area contributed by atoms with Gasteiger partial charge in [-0.25, -0.2) is 4.98 Å². The summed E-state index contributed by atoms with van der Waals surface area (Å²) in [6, 6.07) is 23.0.